The van der Waals surface area contributed by atoms with Crippen LogP contribution in [0.2, 0.25) is 5.02 Å². The molecule has 1 aromatic rings. The lowest BCUT2D eigenvalue weighted by molar-refractivity contribution is 0.230. The largest absolute Gasteiger partial charge is 0.395 e. The van der Waals surface area contributed by atoms with Gasteiger partial charge in [-0.3, -0.25) is 4.99 Å². The molecule has 16 heavy (non-hydrogen) atoms. The Labute approximate surface area is 99.3 Å². The number of aliphatic hydroxyl groups excluding tert-OH is 1. The van der Waals surface area contributed by atoms with Crippen molar-refractivity contribution in [2.75, 3.05) is 19.7 Å². The first-order valence-electron chi connectivity index (χ1n) is 5.16. The number of rotatable bonds is 3. The highest BCUT2D eigenvalue weighted by Gasteiger charge is 2.28. The molecule has 5 heteroatoms. The van der Waals surface area contributed by atoms with Gasteiger partial charge in [-0.1, -0.05) is 29.8 Å². The number of aliphatic hydroxyl groups is 1. The Kier molecular flexibility index (Phi) is 3.31. The normalized spacial score (nSPS) is 20.0. The van der Waals surface area contributed by atoms with Crippen LogP contribution >= 0.6 is 11.6 Å². The van der Waals surface area contributed by atoms with Crippen molar-refractivity contribution in [2.24, 2.45) is 10.7 Å². The number of benzene rings is 1. The third-order valence-electron chi connectivity index (χ3n) is 2.70. The van der Waals surface area contributed by atoms with Crippen LogP contribution in [0.4, 0.5) is 0 Å². The van der Waals surface area contributed by atoms with Crippen LogP contribution < -0.4 is 5.73 Å². The molecule has 1 unspecified atom stereocenters. The lowest BCUT2D eigenvalue weighted by Crippen LogP contribution is -2.38. The Morgan fingerprint density at radius 1 is 1.50 bits per heavy atom. The van der Waals surface area contributed by atoms with Crippen molar-refractivity contribution in [1.29, 1.82) is 0 Å². The third-order valence-corrected chi connectivity index (χ3v) is 3.05. The Hall–Kier alpha value is -1.26. The molecule has 4 nitrogen and oxygen atoms in total. The molecular formula is C11H14ClN3O. The number of hydrogen-bond acceptors (Lipinski definition) is 4. The number of hydrogen-bond donors (Lipinski definition) is 2. The van der Waals surface area contributed by atoms with Gasteiger partial charge in [0.25, 0.3) is 0 Å². The number of nitrogens with zero attached hydrogens (tertiary/aromatic N) is 2. The van der Waals surface area contributed by atoms with E-state index in [1.54, 1.807) is 0 Å². The van der Waals surface area contributed by atoms with Gasteiger partial charge in [-0.15, -0.1) is 0 Å². The van der Waals surface area contributed by atoms with Gasteiger partial charge in [0.1, 0.15) is 0 Å². The van der Waals surface area contributed by atoms with Gasteiger partial charge in [-0.2, -0.15) is 0 Å². The predicted octanol–water partition coefficient (Wildman–Crippen LogP) is 1.00. The van der Waals surface area contributed by atoms with Crippen LogP contribution in [0, 0.1) is 0 Å². The van der Waals surface area contributed by atoms with E-state index in [2.05, 4.69) is 4.99 Å². The maximum Gasteiger partial charge on any atom is 0.192 e. The highest BCUT2D eigenvalue weighted by molar-refractivity contribution is 6.31. The van der Waals surface area contributed by atoms with Gasteiger partial charge in [0.2, 0.25) is 0 Å². The van der Waals surface area contributed by atoms with Crippen molar-refractivity contribution in [1.82, 2.24) is 4.90 Å². The molecule has 3 N–H and O–H groups in total. The smallest absolute Gasteiger partial charge is 0.192 e. The van der Waals surface area contributed by atoms with E-state index in [1.165, 1.54) is 0 Å². The summed E-state index contributed by atoms with van der Waals surface area (Å²) in [6.07, 6.45) is 0. The average Bonchev–Trinajstić information content (AvgIpc) is 2.62. The second kappa shape index (κ2) is 4.72. The molecule has 1 aliphatic rings. The van der Waals surface area contributed by atoms with Gasteiger partial charge in [0.05, 0.1) is 19.2 Å². The van der Waals surface area contributed by atoms with Crippen molar-refractivity contribution in [3.63, 3.8) is 0 Å². The number of nitrogens with two attached hydrogens (primary N) is 1. The lowest BCUT2D eigenvalue weighted by atomic mass is 10.1. The van der Waals surface area contributed by atoms with Crippen LogP contribution in [0.1, 0.15) is 11.6 Å². The van der Waals surface area contributed by atoms with Crippen molar-refractivity contribution in [3.8, 4) is 0 Å². The molecule has 0 aliphatic carbocycles. The predicted molar refractivity (Wildman–Crippen MR) is 64.5 cm³/mol. The molecule has 2 rings (SSSR count). The van der Waals surface area contributed by atoms with Crippen molar-refractivity contribution >= 4 is 17.6 Å². The molecule has 0 amide bonds. The van der Waals surface area contributed by atoms with Crippen LogP contribution in [0.15, 0.2) is 29.3 Å². The average molecular weight is 240 g/mol. The summed E-state index contributed by atoms with van der Waals surface area (Å²) in [6, 6.07) is 7.68. The van der Waals surface area contributed by atoms with E-state index in [9.17, 15) is 0 Å². The standard InChI is InChI=1S/C11H14ClN3O/c12-9-4-2-1-3-8(9)10-7-14-11(13)15(10)5-6-16/h1-4,10,16H,5-7H2,(H2,13,14). The van der Waals surface area contributed by atoms with Gasteiger partial charge in [-0.25, -0.2) is 0 Å². The summed E-state index contributed by atoms with van der Waals surface area (Å²) < 4.78 is 0. The Morgan fingerprint density at radius 3 is 2.94 bits per heavy atom. The van der Waals surface area contributed by atoms with Gasteiger partial charge in [0.15, 0.2) is 5.96 Å². The molecule has 0 bridgehead atoms. The summed E-state index contributed by atoms with van der Waals surface area (Å²) in [5.74, 6) is 0.471. The van der Waals surface area contributed by atoms with E-state index in [4.69, 9.17) is 22.4 Å². The minimum Gasteiger partial charge on any atom is -0.395 e. The van der Waals surface area contributed by atoms with Crippen molar-refractivity contribution < 1.29 is 5.11 Å². The summed E-state index contributed by atoms with van der Waals surface area (Å²) in [6.45, 7) is 1.12. The first-order valence-corrected chi connectivity index (χ1v) is 5.53. The second-order valence-corrected chi connectivity index (χ2v) is 4.06. The molecular weight excluding hydrogens is 226 g/mol. The number of halogens is 1. The van der Waals surface area contributed by atoms with Crippen LogP contribution in [0.3, 0.4) is 0 Å². The number of aliphatic imine (C=N–C) groups is 1. The molecule has 1 aromatic carbocycles. The Morgan fingerprint density at radius 2 is 2.25 bits per heavy atom. The summed E-state index contributed by atoms with van der Waals surface area (Å²) in [7, 11) is 0. The summed E-state index contributed by atoms with van der Waals surface area (Å²) in [5, 5.41) is 9.70. The fourth-order valence-electron chi connectivity index (χ4n) is 1.92. The molecule has 0 saturated heterocycles. The highest BCUT2D eigenvalue weighted by atomic mass is 35.5. The molecule has 86 valence electrons. The molecule has 0 aromatic heterocycles. The zero-order valence-electron chi connectivity index (χ0n) is 8.81. The fourth-order valence-corrected chi connectivity index (χ4v) is 2.18. The molecule has 0 spiro atoms. The van der Waals surface area contributed by atoms with E-state index in [0.29, 0.717) is 24.1 Å². The topological polar surface area (TPSA) is 61.8 Å². The molecule has 0 fully saturated rings. The first-order chi connectivity index (χ1) is 7.74. The maximum atomic E-state index is 8.99. The van der Waals surface area contributed by atoms with Crippen molar-refractivity contribution in [3.05, 3.63) is 34.9 Å². The summed E-state index contributed by atoms with van der Waals surface area (Å²) in [5.41, 5.74) is 6.77. The molecule has 1 heterocycles. The number of β-amino-alcohol motifs (C(OH)–C–C–N with tert-alkyl or cyclic N) is 1. The Balaban J connectivity index is 2.25. The van der Waals surface area contributed by atoms with E-state index < -0.39 is 0 Å². The first kappa shape index (κ1) is 11.2. The van der Waals surface area contributed by atoms with Gasteiger partial charge in [0, 0.05) is 11.6 Å². The van der Waals surface area contributed by atoms with Crippen LogP contribution in [-0.2, 0) is 0 Å². The van der Waals surface area contributed by atoms with Gasteiger partial charge >= 0.3 is 0 Å². The lowest BCUT2D eigenvalue weighted by Gasteiger charge is -2.26. The Bertz CT molecular complexity index is 408. The monoisotopic (exact) mass is 239 g/mol. The van der Waals surface area contributed by atoms with E-state index >= 15 is 0 Å². The maximum absolute atomic E-state index is 8.99. The van der Waals surface area contributed by atoms with E-state index in [0.717, 1.165) is 5.56 Å². The van der Waals surface area contributed by atoms with Gasteiger partial charge < -0.3 is 15.7 Å². The zero-order chi connectivity index (χ0) is 11.5. The number of guanidine groups is 1. The van der Waals surface area contributed by atoms with Gasteiger partial charge in [-0.05, 0) is 11.6 Å². The van der Waals surface area contributed by atoms with Crippen LogP contribution in [0.25, 0.3) is 0 Å². The summed E-state index contributed by atoms with van der Waals surface area (Å²) >= 11 is 6.14. The van der Waals surface area contributed by atoms with E-state index in [-0.39, 0.29) is 12.6 Å². The minimum absolute atomic E-state index is 0.0425. The molecule has 0 saturated carbocycles. The zero-order valence-corrected chi connectivity index (χ0v) is 9.56. The third kappa shape index (κ3) is 1.99. The minimum atomic E-state index is 0.0425. The van der Waals surface area contributed by atoms with Crippen molar-refractivity contribution in [2.45, 2.75) is 6.04 Å². The molecule has 1 atom stereocenters. The SMILES string of the molecule is NC1=NCC(c2ccccc2Cl)N1CCO. The summed E-state index contributed by atoms with van der Waals surface area (Å²) in [4.78, 5) is 6.06. The van der Waals surface area contributed by atoms with Crippen LogP contribution in [0.5, 0.6) is 0 Å². The fraction of sp³-hybridized carbons (Fsp3) is 0.364. The van der Waals surface area contributed by atoms with Crippen LogP contribution in [-0.4, -0.2) is 35.7 Å². The highest BCUT2D eigenvalue weighted by Crippen LogP contribution is 2.30. The molecule has 1 aliphatic heterocycles. The quantitative estimate of drug-likeness (QED) is 0.828. The van der Waals surface area contributed by atoms with E-state index in [1.807, 2.05) is 29.2 Å². The second-order valence-electron chi connectivity index (χ2n) is 3.65. The molecule has 0 radical (unpaired) electrons.